The number of benzene rings is 2. The van der Waals surface area contributed by atoms with Crippen LogP contribution in [0.25, 0.3) is 0 Å². The molecule has 0 aliphatic heterocycles. The van der Waals surface area contributed by atoms with Crippen molar-refractivity contribution >= 4 is 5.69 Å². The van der Waals surface area contributed by atoms with E-state index in [0.717, 1.165) is 11.3 Å². The van der Waals surface area contributed by atoms with Crippen LogP contribution >= 0.6 is 0 Å². The predicted octanol–water partition coefficient (Wildman–Crippen LogP) is 4.90. The zero-order valence-corrected chi connectivity index (χ0v) is 11.1. The first kappa shape index (κ1) is 15.2. The average Bonchev–Trinajstić information content (AvgIpc) is 2.40. The van der Waals surface area contributed by atoms with E-state index in [4.69, 9.17) is 0 Å². The first-order valence-corrected chi connectivity index (χ1v) is 6.21. The number of anilines is 1. The molecule has 112 valence electrons. The summed E-state index contributed by atoms with van der Waals surface area (Å²) in [5.41, 5.74) is 1.51. The van der Waals surface area contributed by atoms with E-state index in [2.05, 4.69) is 10.1 Å². The standard InChI is InChI=1S/C15H13F4NO/c1-10(20-13-6-4-12(16)5-7-13)11-2-8-14(9-3-11)21-15(17,18)19/h2-10,20H,1H3. The normalized spacial score (nSPS) is 12.8. The summed E-state index contributed by atoms with van der Waals surface area (Å²) in [6.45, 7) is 1.85. The van der Waals surface area contributed by atoms with Gasteiger partial charge in [0.05, 0.1) is 0 Å². The van der Waals surface area contributed by atoms with Gasteiger partial charge in [-0.3, -0.25) is 0 Å². The van der Waals surface area contributed by atoms with Crippen LogP contribution in [0.4, 0.5) is 23.2 Å². The van der Waals surface area contributed by atoms with Crippen molar-refractivity contribution in [3.8, 4) is 5.75 Å². The third kappa shape index (κ3) is 4.66. The Morgan fingerprint density at radius 3 is 2.05 bits per heavy atom. The second-order valence-corrected chi connectivity index (χ2v) is 4.49. The molecule has 0 heterocycles. The Balaban J connectivity index is 2.02. The highest BCUT2D eigenvalue weighted by molar-refractivity contribution is 5.45. The molecule has 0 saturated carbocycles. The molecule has 1 atom stereocenters. The largest absolute Gasteiger partial charge is 0.573 e. The van der Waals surface area contributed by atoms with Crippen molar-refractivity contribution in [2.24, 2.45) is 0 Å². The number of hydrogen-bond acceptors (Lipinski definition) is 2. The molecule has 2 nitrogen and oxygen atoms in total. The van der Waals surface area contributed by atoms with Gasteiger partial charge in [-0.1, -0.05) is 12.1 Å². The molecule has 0 aliphatic carbocycles. The highest BCUT2D eigenvalue weighted by atomic mass is 19.4. The second kappa shape index (κ2) is 6.03. The molecule has 0 spiro atoms. The summed E-state index contributed by atoms with van der Waals surface area (Å²) < 4.78 is 52.8. The van der Waals surface area contributed by atoms with E-state index >= 15 is 0 Å². The summed E-state index contributed by atoms with van der Waals surface area (Å²) in [6, 6.07) is 11.3. The Morgan fingerprint density at radius 2 is 1.52 bits per heavy atom. The molecule has 2 aromatic carbocycles. The van der Waals surface area contributed by atoms with Crippen molar-refractivity contribution in [3.05, 3.63) is 59.9 Å². The molecule has 2 rings (SSSR count). The highest BCUT2D eigenvalue weighted by Crippen LogP contribution is 2.25. The van der Waals surface area contributed by atoms with Gasteiger partial charge in [-0.05, 0) is 48.9 Å². The lowest BCUT2D eigenvalue weighted by Gasteiger charge is -2.16. The number of ether oxygens (including phenoxy) is 1. The van der Waals surface area contributed by atoms with E-state index in [1.807, 2.05) is 6.92 Å². The highest BCUT2D eigenvalue weighted by Gasteiger charge is 2.30. The molecule has 6 heteroatoms. The summed E-state index contributed by atoms with van der Waals surface area (Å²) in [4.78, 5) is 0. The number of hydrogen-bond donors (Lipinski definition) is 1. The summed E-state index contributed by atoms with van der Waals surface area (Å²) in [7, 11) is 0. The molecule has 21 heavy (non-hydrogen) atoms. The Labute approximate surface area is 119 Å². The maximum absolute atomic E-state index is 12.8. The molecule has 0 amide bonds. The SMILES string of the molecule is CC(Nc1ccc(F)cc1)c1ccc(OC(F)(F)F)cc1. The number of halogens is 4. The minimum absolute atomic E-state index is 0.143. The number of rotatable bonds is 4. The third-order valence-corrected chi connectivity index (χ3v) is 2.84. The van der Waals surface area contributed by atoms with Crippen LogP contribution in [0.5, 0.6) is 5.75 Å². The fourth-order valence-electron chi connectivity index (χ4n) is 1.84. The third-order valence-electron chi connectivity index (χ3n) is 2.84. The van der Waals surface area contributed by atoms with Crippen LogP contribution < -0.4 is 10.1 Å². The molecular weight excluding hydrogens is 286 g/mol. The molecule has 0 fully saturated rings. The van der Waals surface area contributed by atoms with Crippen molar-refractivity contribution in [2.75, 3.05) is 5.32 Å². The molecule has 1 unspecified atom stereocenters. The van der Waals surface area contributed by atoms with Gasteiger partial charge in [-0.15, -0.1) is 13.2 Å². The maximum atomic E-state index is 12.8. The predicted molar refractivity (Wildman–Crippen MR) is 71.6 cm³/mol. The van der Waals surface area contributed by atoms with E-state index in [0.29, 0.717) is 0 Å². The molecule has 1 N–H and O–H groups in total. The topological polar surface area (TPSA) is 21.3 Å². The van der Waals surface area contributed by atoms with E-state index in [-0.39, 0.29) is 17.6 Å². The van der Waals surface area contributed by atoms with Crippen LogP contribution in [0.1, 0.15) is 18.5 Å². The zero-order valence-electron chi connectivity index (χ0n) is 11.1. The summed E-state index contributed by atoms with van der Waals surface area (Å²) in [6.07, 6.45) is -4.69. The van der Waals surface area contributed by atoms with Crippen LogP contribution in [0.2, 0.25) is 0 Å². The van der Waals surface area contributed by atoms with Gasteiger partial charge in [0.2, 0.25) is 0 Å². The maximum Gasteiger partial charge on any atom is 0.573 e. The van der Waals surface area contributed by atoms with Crippen LogP contribution in [0, 0.1) is 5.82 Å². The fourth-order valence-corrected chi connectivity index (χ4v) is 1.84. The second-order valence-electron chi connectivity index (χ2n) is 4.49. The van der Waals surface area contributed by atoms with Gasteiger partial charge < -0.3 is 10.1 Å². The summed E-state index contributed by atoms with van der Waals surface area (Å²) in [5, 5.41) is 3.12. The van der Waals surface area contributed by atoms with Gasteiger partial charge in [-0.25, -0.2) is 4.39 Å². The Hall–Kier alpha value is -2.24. The van der Waals surface area contributed by atoms with Gasteiger partial charge >= 0.3 is 6.36 Å². The van der Waals surface area contributed by atoms with Crippen LogP contribution in [-0.2, 0) is 0 Å². The quantitative estimate of drug-likeness (QED) is 0.811. The van der Waals surface area contributed by atoms with E-state index in [1.54, 1.807) is 24.3 Å². The van der Waals surface area contributed by atoms with Crippen molar-refractivity contribution in [3.63, 3.8) is 0 Å². The van der Waals surface area contributed by atoms with Crippen LogP contribution in [0.15, 0.2) is 48.5 Å². The minimum Gasteiger partial charge on any atom is -0.406 e. The Bertz CT molecular complexity index is 578. The summed E-state index contributed by atoms with van der Waals surface area (Å²) >= 11 is 0. The number of alkyl halides is 3. The lowest BCUT2D eigenvalue weighted by Crippen LogP contribution is -2.17. The molecular formula is C15H13F4NO. The van der Waals surface area contributed by atoms with Crippen molar-refractivity contribution in [1.82, 2.24) is 0 Å². The Morgan fingerprint density at radius 1 is 0.952 bits per heavy atom. The molecule has 2 aromatic rings. The van der Waals surface area contributed by atoms with Gasteiger partial charge in [0.25, 0.3) is 0 Å². The molecule has 0 radical (unpaired) electrons. The molecule has 0 aromatic heterocycles. The van der Waals surface area contributed by atoms with Gasteiger partial charge in [0, 0.05) is 11.7 Å². The summed E-state index contributed by atoms with van der Waals surface area (Å²) in [5.74, 6) is -0.595. The lowest BCUT2D eigenvalue weighted by molar-refractivity contribution is -0.274. The van der Waals surface area contributed by atoms with Crippen LogP contribution in [0.3, 0.4) is 0 Å². The molecule has 0 saturated heterocycles. The van der Waals surface area contributed by atoms with Gasteiger partial charge in [-0.2, -0.15) is 0 Å². The van der Waals surface area contributed by atoms with Gasteiger partial charge in [0.1, 0.15) is 11.6 Å². The lowest BCUT2D eigenvalue weighted by atomic mass is 10.1. The van der Waals surface area contributed by atoms with Crippen molar-refractivity contribution in [1.29, 1.82) is 0 Å². The smallest absolute Gasteiger partial charge is 0.406 e. The van der Waals surface area contributed by atoms with Crippen LogP contribution in [-0.4, -0.2) is 6.36 Å². The zero-order chi connectivity index (χ0) is 15.5. The molecule has 0 aliphatic rings. The van der Waals surface area contributed by atoms with E-state index in [1.165, 1.54) is 24.3 Å². The molecule has 0 bridgehead atoms. The van der Waals surface area contributed by atoms with Crippen molar-refractivity contribution in [2.45, 2.75) is 19.3 Å². The minimum atomic E-state index is -4.69. The van der Waals surface area contributed by atoms with Gasteiger partial charge in [0.15, 0.2) is 0 Å². The first-order valence-electron chi connectivity index (χ1n) is 6.21. The number of nitrogens with one attached hydrogen (secondary N) is 1. The fraction of sp³-hybridized carbons (Fsp3) is 0.200. The van der Waals surface area contributed by atoms with E-state index in [9.17, 15) is 17.6 Å². The van der Waals surface area contributed by atoms with Crippen molar-refractivity contribution < 1.29 is 22.3 Å². The average molecular weight is 299 g/mol. The monoisotopic (exact) mass is 299 g/mol. The Kier molecular flexibility index (Phi) is 4.35. The first-order chi connectivity index (χ1) is 9.83. The van der Waals surface area contributed by atoms with E-state index < -0.39 is 6.36 Å².